The van der Waals surface area contributed by atoms with Crippen molar-refractivity contribution in [2.75, 3.05) is 73.0 Å². The van der Waals surface area contributed by atoms with Gasteiger partial charge in [-0.3, -0.25) is 4.99 Å². The Hall–Kier alpha value is -0.120. The van der Waals surface area contributed by atoms with E-state index in [2.05, 4.69) is 44.3 Å². The van der Waals surface area contributed by atoms with Crippen LogP contribution in [-0.2, 0) is 0 Å². The second-order valence-corrected chi connectivity index (χ2v) is 8.01. The van der Waals surface area contributed by atoms with Crippen LogP contribution in [0.2, 0.25) is 0 Å². The van der Waals surface area contributed by atoms with Gasteiger partial charge >= 0.3 is 0 Å². The average Bonchev–Trinajstić information content (AvgIpc) is 2.86. The molecule has 2 aliphatic heterocycles. The number of likely N-dealkylation sites (tertiary alicyclic amines) is 1. The van der Waals surface area contributed by atoms with Crippen molar-refractivity contribution in [3.05, 3.63) is 0 Å². The molecule has 0 radical (unpaired) electrons. The average molecular weight is 495 g/mol. The van der Waals surface area contributed by atoms with E-state index in [0.29, 0.717) is 0 Å². The van der Waals surface area contributed by atoms with Gasteiger partial charge in [-0.15, -0.1) is 24.0 Å². The molecule has 2 rings (SSSR count). The summed E-state index contributed by atoms with van der Waals surface area (Å²) < 4.78 is 0. The van der Waals surface area contributed by atoms with E-state index in [4.69, 9.17) is 0 Å². The van der Waals surface area contributed by atoms with Gasteiger partial charge in [0.05, 0.1) is 0 Å². The predicted octanol–water partition coefficient (Wildman–Crippen LogP) is 2.06. The summed E-state index contributed by atoms with van der Waals surface area (Å²) in [7, 11) is 4.10. The number of likely N-dealkylation sites (N-methyl/N-ethyl adjacent to an activating group) is 1. The Labute approximate surface area is 184 Å². The maximum Gasteiger partial charge on any atom is 0.190 e. The third-order valence-electron chi connectivity index (χ3n) is 5.83. The first-order valence-electron chi connectivity index (χ1n) is 10.8. The maximum atomic E-state index is 4.36. The number of hydrogen-bond acceptors (Lipinski definition) is 4. The number of halogens is 1. The highest BCUT2D eigenvalue weighted by Crippen LogP contribution is 2.15. The zero-order valence-electron chi connectivity index (χ0n) is 17.9. The zero-order chi connectivity index (χ0) is 18.6. The number of piperidine rings is 1. The molecule has 0 aromatic heterocycles. The highest BCUT2D eigenvalue weighted by Gasteiger charge is 2.17. The molecule has 0 spiro atoms. The summed E-state index contributed by atoms with van der Waals surface area (Å²) >= 11 is 0. The van der Waals surface area contributed by atoms with Crippen molar-refractivity contribution >= 4 is 29.9 Å². The number of nitrogens with one attached hydrogen (secondary N) is 2. The summed E-state index contributed by atoms with van der Waals surface area (Å²) in [6.45, 7) is 12.9. The van der Waals surface area contributed by atoms with Crippen LogP contribution in [0.15, 0.2) is 4.99 Å². The van der Waals surface area contributed by atoms with Crippen LogP contribution in [0.3, 0.4) is 0 Å². The van der Waals surface area contributed by atoms with Crippen LogP contribution in [-0.4, -0.2) is 99.7 Å². The molecule has 6 nitrogen and oxygen atoms in total. The molecule has 2 heterocycles. The number of hydrogen-bond donors (Lipinski definition) is 2. The van der Waals surface area contributed by atoms with Gasteiger partial charge in [-0.25, -0.2) is 0 Å². The summed E-state index contributed by atoms with van der Waals surface area (Å²) in [6.07, 6.45) is 7.80. The molecule has 27 heavy (non-hydrogen) atoms. The molecular formula is C20H43IN6. The van der Waals surface area contributed by atoms with Gasteiger partial charge in [0.2, 0.25) is 0 Å². The molecule has 1 atom stereocenters. The minimum absolute atomic E-state index is 0. The molecule has 0 aliphatic carbocycles. The van der Waals surface area contributed by atoms with E-state index in [-0.39, 0.29) is 24.0 Å². The lowest BCUT2D eigenvalue weighted by Crippen LogP contribution is -2.42. The maximum absolute atomic E-state index is 4.36. The zero-order valence-corrected chi connectivity index (χ0v) is 20.2. The van der Waals surface area contributed by atoms with Crippen molar-refractivity contribution in [2.45, 2.75) is 51.5 Å². The smallest absolute Gasteiger partial charge is 0.190 e. The van der Waals surface area contributed by atoms with Gasteiger partial charge in [0.1, 0.15) is 0 Å². The van der Waals surface area contributed by atoms with Crippen LogP contribution in [0.25, 0.3) is 0 Å². The SMILES string of the molecule is CN=C(NCCCN1CCCN(C)CC1)NCCCN1CCCCC1C.I. The molecule has 2 N–H and O–H groups in total. The van der Waals surface area contributed by atoms with E-state index in [9.17, 15) is 0 Å². The second-order valence-electron chi connectivity index (χ2n) is 8.01. The van der Waals surface area contributed by atoms with E-state index >= 15 is 0 Å². The molecule has 2 saturated heterocycles. The van der Waals surface area contributed by atoms with Crippen LogP contribution in [0.1, 0.15) is 45.4 Å². The van der Waals surface area contributed by atoms with E-state index in [1.165, 1.54) is 84.3 Å². The van der Waals surface area contributed by atoms with Crippen LogP contribution >= 0.6 is 24.0 Å². The number of rotatable bonds is 8. The van der Waals surface area contributed by atoms with Crippen molar-refractivity contribution in [1.82, 2.24) is 25.3 Å². The van der Waals surface area contributed by atoms with Crippen molar-refractivity contribution in [1.29, 1.82) is 0 Å². The fraction of sp³-hybridized carbons (Fsp3) is 0.950. The van der Waals surface area contributed by atoms with E-state index in [0.717, 1.165) is 25.1 Å². The number of aliphatic imine (C=N–C) groups is 1. The molecule has 7 heteroatoms. The van der Waals surface area contributed by atoms with Crippen molar-refractivity contribution in [3.8, 4) is 0 Å². The highest BCUT2D eigenvalue weighted by molar-refractivity contribution is 14.0. The molecule has 0 aromatic rings. The molecular weight excluding hydrogens is 451 g/mol. The summed E-state index contributed by atoms with van der Waals surface area (Å²) in [6, 6.07) is 0.764. The molecule has 0 amide bonds. The van der Waals surface area contributed by atoms with Crippen molar-refractivity contribution < 1.29 is 0 Å². The Kier molecular flexibility index (Phi) is 13.7. The molecule has 0 saturated carbocycles. The van der Waals surface area contributed by atoms with Gasteiger partial charge in [-0.2, -0.15) is 0 Å². The third-order valence-corrected chi connectivity index (χ3v) is 5.83. The molecule has 0 bridgehead atoms. The van der Waals surface area contributed by atoms with Crippen LogP contribution in [0.5, 0.6) is 0 Å². The first-order chi connectivity index (χ1) is 12.7. The molecule has 1 unspecified atom stereocenters. The second kappa shape index (κ2) is 14.8. The summed E-state index contributed by atoms with van der Waals surface area (Å²) in [4.78, 5) is 12.0. The number of nitrogens with zero attached hydrogens (tertiary/aromatic N) is 4. The minimum atomic E-state index is 0. The van der Waals surface area contributed by atoms with Gasteiger partial charge in [0.15, 0.2) is 5.96 Å². The topological polar surface area (TPSA) is 46.1 Å². The Morgan fingerprint density at radius 3 is 2.37 bits per heavy atom. The van der Waals surface area contributed by atoms with Gasteiger partial charge in [0, 0.05) is 45.8 Å². The van der Waals surface area contributed by atoms with Crippen molar-refractivity contribution in [3.63, 3.8) is 0 Å². The van der Waals surface area contributed by atoms with Crippen LogP contribution in [0.4, 0.5) is 0 Å². The van der Waals surface area contributed by atoms with Gasteiger partial charge in [0.25, 0.3) is 0 Å². The summed E-state index contributed by atoms with van der Waals surface area (Å²) in [5, 5.41) is 6.94. The van der Waals surface area contributed by atoms with Gasteiger partial charge in [-0.05, 0) is 72.3 Å². The normalized spacial score (nSPS) is 23.5. The van der Waals surface area contributed by atoms with Gasteiger partial charge < -0.3 is 25.3 Å². The molecule has 160 valence electrons. The fourth-order valence-electron chi connectivity index (χ4n) is 4.03. The summed E-state index contributed by atoms with van der Waals surface area (Å²) in [5.41, 5.74) is 0. The van der Waals surface area contributed by atoms with Gasteiger partial charge in [-0.1, -0.05) is 6.42 Å². The van der Waals surface area contributed by atoms with Crippen molar-refractivity contribution in [2.24, 2.45) is 4.99 Å². The first-order valence-corrected chi connectivity index (χ1v) is 10.8. The quantitative estimate of drug-likeness (QED) is 0.234. The Bertz CT molecular complexity index is 406. The lowest BCUT2D eigenvalue weighted by atomic mass is 10.0. The third kappa shape index (κ3) is 10.3. The van der Waals surface area contributed by atoms with E-state index < -0.39 is 0 Å². The van der Waals surface area contributed by atoms with Crippen LogP contribution < -0.4 is 10.6 Å². The van der Waals surface area contributed by atoms with E-state index in [1.807, 2.05) is 7.05 Å². The predicted molar refractivity (Wildman–Crippen MR) is 127 cm³/mol. The van der Waals surface area contributed by atoms with E-state index in [1.54, 1.807) is 0 Å². The van der Waals surface area contributed by atoms with Crippen LogP contribution in [0, 0.1) is 0 Å². The fourth-order valence-corrected chi connectivity index (χ4v) is 4.03. The highest BCUT2D eigenvalue weighted by atomic mass is 127. The molecule has 0 aromatic carbocycles. The Morgan fingerprint density at radius 2 is 1.67 bits per heavy atom. The lowest BCUT2D eigenvalue weighted by molar-refractivity contribution is 0.159. The minimum Gasteiger partial charge on any atom is -0.356 e. The first kappa shape index (κ1) is 24.9. The Balaban J connectivity index is 0.00000364. The standard InChI is InChI=1S/C20H42N6.HI/c1-19-9-4-5-15-26(19)16-7-11-23-20(21-2)22-10-6-13-25-14-8-12-24(3)17-18-25;/h19H,4-18H2,1-3H3,(H2,21,22,23);1H. The lowest BCUT2D eigenvalue weighted by Gasteiger charge is -2.33. The molecule has 2 aliphatic rings. The largest absolute Gasteiger partial charge is 0.356 e. The molecule has 2 fully saturated rings. The summed E-state index contributed by atoms with van der Waals surface area (Å²) in [5.74, 6) is 0.951. The number of guanidine groups is 1. The Morgan fingerprint density at radius 1 is 0.926 bits per heavy atom. The monoisotopic (exact) mass is 494 g/mol.